The summed E-state index contributed by atoms with van der Waals surface area (Å²) in [4.78, 5) is 30.0. The van der Waals surface area contributed by atoms with E-state index in [-0.39, 0.29) is 11.9 Å². The van der Waals surface area contributed by atoms with E-state index in [1.165, 1.54) is 11.3 Å². The van der Waals surface area contributed by atoms with Gasteiger partial charge in [-0.05, 0) is 31.5 Å². The zero-order valence-corrected chi connectivity index (χ0v) is 12.8. The second kappa shape index (κ2) is 6.49. The molecule has 0 spiro atoms. The number of pyridine rings is 1. The minimum absolute atomic E-state index is 0.0387. The molecule has 0 unspecified atom stereocenters. The molecule has 5 nitrogen and oxygen atoms in total. The molecule has 0 saturated carbocycles. The summed E-state index contributed by atoms with van der Waals surface area (Å²) in [6.45, 7) is 4.39. The Morgan fingerprint density at radius 2 is 2.19 bits per heavy atom. The molecule has 0 saturated heterocycles. The van der Waals surface area contributed by atoms with Gasteiger partial charge in [0.05, 0.1) is 10.4 Å². The summed E-state index contributed by atoms with van der Waals surface area (Å²) in [5.41, 5.74) is 6.55. The van der Waals surface area contributed by atoms with Gasteiger partial charge in [-0.15, -0.1) is 11.3 Å². The molecule has 2 aromatic heterocycles. The van der Waals surface area contributed by atoms with Gasteiger partial charge in [-0.25, -0.2) is 0 Å². The van der Waals surface area contributed by atoms with Crippen LogP contribution in [0.15, 0.2) is 36.0 Å². The summed E-state index contributed by atoms with van der Waals surface area (Å²) in [5, 5.41) is 1.61. The number of carbonyl (C=O) groups is 2. The number of carbonyl (C=O) groups excluding carboxylic acids is 2. The lowest BCUT2D eigenvalue weighted by Gasteiger charge is -2.26. The van der Waals surface area contributed by atoms with Crippen LogP contribution in [0.4, 0.5) is 0 Å². The Balaban J connectivity index is 2.21. The highest BCUT2D eigenvalue weighted by Gasteiger charge is 2.21. The van der Waals surface area contributed by atoms with Crippen molar-refractivity contribution in [3.05, 3.63) is 52.0 Å². The van der Waals surface area contributed by atoms with Gasteiger partial charge in [0.1, 0.15) is 0 Å². The molecular formula is C15H17N3O2S. The van der Waals surface area contributed by atoms with E-state index in [4.69, 9.17) is 5.73 Å². The molecule has 110 valence electrons. The summed E-state index contributed by atoms with van der Waals surface area (Å²) in [6, 6.07) is 5.36. The van der Waals surface area contributed by atoms with Crippen molar-refractivity contribution in [1.29, 1.82) is 0 Å². The number of rotatable bonds is 5. The molecule has 2 rings (SSSR count). The Morgan fingerprint density at radius 1 is 1.43 bits per heavy atom. The second-order valence-corrected chi connectivity index (χ2v) is 5.86. The van der Waals surface area contributed by atoms with Crippen molar-refractivity contribution in [2.24, 2.45) is 5.73 Å². The average Bonchev–Trinajstić information content (AvgIpc) is 2.95. The fourth-order valence-electron chi connectivity index (χ4n) is 1.90. The number of nitrogens with two attached hydrogens (primary N) is 1. The first-order valence-corrected chi connectivity index (χ1v) is 7.45. The molecule has 0 aliphatic heterocycles. The lowest BCUT2D eigenvalue weighted by Crippen LogP contribution is -2.36. The second-order valence-electron chi connectivity index (χ2n) is 4.95. The number of aromatic nitrogens is 1. The first kappa shape index (κ1) is 15.2. The number of hydrogen-bond acceptors (Lipinski definition) is 4. The van der Waals surface area contributed by atoms with Gasteiger partial charge in [-0.2, -0.15) is 0 Å². The van der Waals surface area contributed by atoms with Crippen LogP contribution in [0.3, 0.4) is 0 Å². The van der Waals surface area contributed by atoms with Crippen LogP contribution in [0.5, 0.6) is 0 Å². The van der Waals surface area contributed by atoms with Crippen molar-refractivity contribution in [2.45, 2.75) is 26.4 Å². The van der Waals surface area contributed by atoms with Gasteiger partial charge in [0.15, 0.2) is 0 Å². The van der Waals surface area contributed by atoms with E-state index >= 15 is 0 Å². The highest BCUT2D eigenvalue weighted by atomic mass is 32.1. The molecular weight excluding hydrogens is 286 g/mol. The quantitative estimate of drug-likeness (QED) is 0.920. The molecule has 2 N–H and O–H groups in total. The summed E-state index contributed by atoms with van der Waals surface area (Å²) >= 11 is 1.23. The monoisotopic (exact) mass is 303 g/mol. The summed E-state index contributed by atoms with van der Waals surface area (Å²) in [6.07, 6.45) is 3.44. The van der Waals surface area contributed by atoms with Gasteiger partial charge in [-0.3, -0.25) is 14.6 Å². The van der Waals surface area contributed by atoms with Crippen LogP contribution in [0.25, 0.3) is 0 Å². The molecule has 0 aromatic carbocycles. The third-order valence-corrected chi connectivity index (χ3v) is 3.97. The van der Waals surface area contributed by atoms with Crippen molar-refractivity contribution in [2.75, 3.05) is 0 Å². The number of primary amides is 1. The van der Waals surface area contributed by atoms with Crippen molar-refractivity contribution < 1.29 is 9.59 Å². The molecule has 0 fully saturated rings. The van der Waals surface area contributed by atoms with Gasteiger partial charge in [0, 0.05) is 30.4 Å². The van der Waals surface area contributed by atoms with E-state index in [0.717, 1.165) is 5.56 Å². The van der Waals surface area contributed by atoms with Crippen LogP contribution in [0.2, 0.25) is 0 Å². The first-order chi connectivity index (χ1) is 9.99. The highest BCUT2D eigenvalue weighted by molar-refractivity contribution is 7.12. The van der Waals surface area contributed by atoms with E-state index in [1.54, 1.807) is 28.7 Å². The van der Waals surface area contributed by atoms with Gasteiger partial charge >= 0.3 is 0 Å². The lowest BCUT2D eigenvalue weighted by molar-refractivity contribution is 0.0695. The van der Waals surface area contributed by atoms with Crippen LogP contribution in [0.1, 0.15) is 39.4 Å². The summed E-state index contributed by atoms with van der Waals surface area (Å²) < 4.78 is 0. The van der Waals surface area contributed by atoms with Crippen molar-refractivity contribution in [1.82, 2.24) is 9.88 Å². The maximum absolute atomic E-state index is 12.6. The first-order valence-electron chi connectivity index (χ1n) is 6.57. The molecule has 0 aliphatic rings. The zero-order valence-electron chi connectivity index (χ0n) is 11.9. The topological polar surface area (TPSA) is 76.3 Å². The van der Waals surface area contributed by atoms with Gasteiger partial charge in [0.2, 0.25) is 5.91 Å². The molecule has 2 aromatic rings. The average molecular weight is 303 g/mol. The molecule has 6 heteroatoms. The van der Waals surface area contributed by atoms with Crippen LogP contribution in [-0.2, 0) is 6.54 Å². The maximum Gasteiger partial charge on any atom is 0.264 e. The van der Waals surface area contributed by atoms with Gasteiger partial charge in [-0.1, -0.05) is 6.07 Å². The smallest absolute Gasteiger partial charge is 0.264 e. The Hall–Kier alpha value is -2.21. The largest absolute Gasteiger partial charge is 0.366 e. The molecule has 2 amide bonds. The number of hydrogen-bond donors (Lipinski definition) is 1. The fraction of sp³-hybridized carbons (Fsp3) is 0.267. The molecule has 0 bridgehead atoms. The molecule has 0 aliphatic carbocycles. The predicted molar refractivity (Wildman–Crippen MR) is 82.1 cm³/mol. The normalized spacial score (nSPS) is 10.6. The molecule has 21 heavy (non-hydrogen) atoms. The minimum atomic E-state index is -0.520. The zero-order chi connectivity index (χ0) is 15.4. The molecule has 0 atom stereocenters. The number of thiophene rings is 1. The van der Waals surface area contributed by atoms with E-state index < -0.39 is 5.91 Å². The lowest BCUT2D eigenvalue weighted by atomic mass is 10.2. The number of nitrogens with zero attached hydrogens (tertiary/aromatic N) is 2. The predicted octanol–water partition coefficient (Wildman–Crippen LogP) is 2.29. The minimum Gasteiger partial charge on any atom is -0.366 e. The Labute approximate surface area is 127 Å². The van der Waals surface area contributed by atoms with Gasteiger partial charge < -0.3 is 10.6 Å². The van der Waals surface area contributed by atoms with Crippen LogP contribution >= 0.6 is 11.3 Å². The summed E-state index contributed by atoms with van der Waals surface area (Å²) in [5.74, 6) is -0.625. The van der Waals surface area contributed by atoms with Crippen LogP contribution < -0.4 is 5.73 Å². The standard InChI is InChI=1S/C15H17N3O2S/c1-10(2)18(8-11-4-3-5-17-7-11)15(20)13-6-12(9-21-13)14(16)19/h3-7,9-10H,8H2,1-2H3,(H2,16,19). The fourth-order valence-corrected chi connectivity index (χ4v) is 2.75. The Bertz CT molecular complexity index is 637. The van der Waals surface area contributed by atoms with E-state index in [9.17, 15) is 9.59 Å². The third-order valence-electron chi connectivity index (χ3n) is 3.05. The SMILES string of the molecule is CC(C)N(Cc1cccnc1)C(=O)c1cc(C(N)=O)cs1. The van der Waals surface area contributed by atoms with Crippen LogP contribution in [-0.4, -0.2) is 27.7 Å². The number of amides is 2. The molecule has 2 heterocycles. The Kier molecular flexibility index (Phi) is 4.70. The van der Waals surface area contributed by atoms with Crippen molar-refractivity contribution in [3.63, 3.8) is 0 Å². The van der Waals surface area contributed by atoms with E-state index in [2.05, 4.69) is 4.98 Å². The van der Waals surface area contributed by atoms with E-state index in [0.29, 0.717) is 17.0 Å². The third kappa shape index (κ3) is 3.66. The highest BCUT2D eigenvalue weighted by Crippen LogP contribution is 2.19. The van der Waals surface area contributed by atoms with Crippen molar-refractivity contribution in [3.8, 4) is 0 Å². The summed E-state index contributed by atoms with van der Waals surface area (Å²) in [7, 11) is 0. The van der Waals surface area contributed by atoms with Crippen molar-refractivity contribution >= 4 is 23.2 Å². The van der Waals surface area contributed by atoms with Gasteiger partial charge in [0.25, 0.3) is 5.91 Å². The maximum atomic E-state index is 12.6. The molecule has 0 radical (unpaired) electrons. The van der Waals surface area contributed by atoms with E-state index in [1.807, 2.05) is 26.0 Å². The Morgan fingerprint density at radius 3 is 2.71 bits per heavy atom. The van der Waals surface area contributed by atoms with Crippen LogP contribution in [0, 0.1) is 0 Å².